The molecule has 2 unspecified atom stereocenters. The van der Waals surface area contributed by atoms with Crippen molar-refractivity contribution in [1.29, 1.82) is 0 Å². The summed E-state index contributed by atoms with van der Waals surface area (Å²) in [6.07, 6.45) is 87.4. The van der Waals surface area contributed by atoms with Gasteiger partial charge >= 0.3 is 5.97 Å². The van der Waals surface area contributed by atoms with Crippen LogP contribution in [0.1, 0.15) is 444 Å². The van der Waals surface area contributed by atoms with Gasteiger partial charge in [0.25, 0.3) is 0 Å². The first-order valence-corrected chi connectivity index (χ1v) is 37.8. The van der Waals surface area contributed by atoms with E-state index in [4.69, 9.17) is 4.74 Å². The van der Waals surface area contributed by atoms with Gasteiger partial charge in [0.05, 0.1) is 25.4 Å². The first-order valence-electron chi connectivity index (χ1n) is 37.8. The maximum Gasteiger partial charge on any atom is 0.305 e. The fourth-order valence-corrected chi connectivity index (χ4v) is 12.4. The SMILES string of the molecule is CCCCCCCCCCCCCCCCCCCCCCCC(O)C(CO)NC(=O)CCCCCCCCCCCCCCCCCCCCCCCCCCCOC(=O)CCCCCCCCCCCCCCCCCCCC. The molecule has 2 atom stereocenters. The molecule has 6 nitrogen and oxygen atoms in total. The Bertz CT molecular complexity index is 1180. The highest BCUT2D eigenvalue weighted by molar-refractivity contribution is 5.76. The van der Waals surface area contributed by atoms with Gasteiger partial charge in [0, 0.05) is 12.8 Å². The minimum atomic E-state index is -0.663. The first-order chi connectivity index (χ1) is 40.0. The fourth-order valence-electron chi connectivity index (χ4n) is 12.4. The third-order valence-corrected chi connectivity index (χ3v) is 18.2. The Morgan fingerprint density at radius 1 is 0.296 bits per heavy atom. The molecule has 0 aliphatic rings. The Balaban J connectivity index is 3.34. The van der Waals surface area contributed by atoms with Crippen LogP contribution in [0.4, 0.5) is 0 Å². The summed E-state index contributed by atoms with van der Waals surface area (Å²) >= 11 is 0. The van der Waals surface area contributed by atoms with Gasteiger partial charge in [-0.3, -0.25) is 9.59 Å². The van der Waals surface area contributed by atoms with Crippen LogP contribution in [0.2, 0.25) is 0 Å². The van der Waals surface area contributed by atoms with Crippen LogP contribution in [0.25, 0.3) is 0 Å². The topological polar surface area (TPSA) is 95.9 Å². The summed E-state index contributed by atoms with van der Waals surface area (Å²) in [5.41, 5.74) is 0. The Morgan fingerprint density at radius 3 is 0.753 bits per heavy atom. The second kappa shape index (κ2) is 71.3. The number of aliphatic hydroxyl groups is 2. The van der Waals surface area contributed by atoms with E-state index in [9.17, 15) is 19.8 Å². The van der Waals surface area contributed by atoms with Gasteiger partial charge < -0.3 is 20.3 Å². The number of carbonyl (C=O) groups excluding carboxylic acids is 2. The monoisotopic (exact) mass is 1140 g/mol. The number of ether oxygens (including phenoxy) is 1. The number of hydrogen-bond acceptors (Lipinski definition) is 5. The zero-order valence-electron chi connectivity index (χ0n) is 55.6. The molecule has 0 fully saturated rings. The molecule has 484 valence electrons. The molecular formula is C75H149NO5. The molecule has 0 aromatic heterocycles. The van der Waals surface area contributed by atoms with E-state index in [1.54, 1.807) is 0 Å². The number of esters is 1. The lowest BCUT2D eigenvalue weighted by Crippen LogP contribution is -2.45. The van der Waals surface area contributed by atoms with Gasteiger partial charge in [0.2, 0.25) is 5.91 Å². The molecule has 0 saturated heterocycles. The predicted molar refractivity (Wildman–Crippen MR) is 357 cm³/mol. The van der Waals surface area contributed by atoms with Crippen LogP contribution >= 0.6 is 0 Å². The molecule has 0 rings (SSSR count). The predicted octanol–water partition coefficient (Wildman–Crippen LogP) is 24.5. The smallest absolute Gasteiger partial charge is 0.305 e. The van der Waals surface area contributed by atoms with E-state index in [0.717, 1.165) is 38.5 Å². The Labute approximate surface area is 508 Å². The summed E-state index contributed by atoms with van der Waals surface area (Å²) in [4.78, 5) is 24.7. The maximum atomic E-state index is 12.6. The number of rotatable bonds is 72. The van der Waals surface area contributed by atoms with E-state index in [1.165, 1.54) is 372 Å². The number of aliphatic hydroxyl groups excluding tert-OH is 2. The number of carbonyl (C=O) groups is 2. The lowest BCUT2D eigenvalue weighted by Gasteiger charge is -2.22. The second-order valence-corrected chi connectivity index (χ2v) is 26.4. The van der Waals surface area contributed by atoms with Gasteiger partial charge in [-0.25, -0.2) is 0 Å². The van der Waals surface area contributed by atoms with E-state index in [2.05, 4.69) is 19.2 Å². The van der Waals surface area contributed by atoms with Crippen molar-refractivity contribution in [3.8, 4) is 0 Å². The molecule has 6 heteroatoms. The van der Waals surface area contributed by atoms with Crippen LogP contribution in [0.5, 0.6) is 0 Å². The summed E-state index contributed by atoms with van der Waals surface area (Å²) in [6.45, 7) is 5.02. The van der Waals surface area contributed by atoms with Gasteiger partial charge in [0.15, 0.2) is 0 Å². The number of nitrogens with one attached hydrogen (secondary N) is 1. The third-order valence-electron chi connectivity index (χ3n) is 18.2. The zero-order chi connectivity index (χ0) is 58.5. The molecule has 0 aromatic rings. The third kappa shape index (κ3) is 67.9. The molecule has 3 N–H and O–H groups in total. The highest BCUT2D eigenvalue weighted by Gasteiger charge is 2.20. The maximum absolute atomic E-state index is 12.6. The van der Waals surface area contributed by atoms with Gasteiger partial charge in [0.1, 0.15) is 0 Å². The molecule has 0 bridgehead atoms. The molecule has 1 amide bonds. The highest BCUT2D eigenvalue weighted by atomic mass is 16.5. The van der Waals surface area contributed by atoms with Crippen molar-refractivity contribution in [3.05, 3.63) is 0 Å². The number of hydrogen-bond donors (Lipinski definition) is 3. The van der Waals surface area contributed by atoms with Crippen LogP contribution in [0.3, 0.4) is 0 Å². The minimum Gasteiger partial charge on any atom is -0.466 e. The van der Waals surface area contributed by atoms with Gasteiger partial charge in [-0.15, -0.1) is 0 Å². The molecule has 0 aliphatic heterocycles. The van der Waals surface area contributed by atoms with Gasteiger partial charge in [-0.05, 0) is 25.7 Å². The molecular weight excluding hydrogens is 995 g/mol. The van der Waals surface area contributed by atoms with E-state index in [0.29, 0.717) is 25.9 Å². The van der Waals surface area contributed by atoms with Crippen molar-refractivity contribution >= 4 is 11.9 Å². The summed E-state index contributed by atoms with van der Waals surface area (Å²) < 4.78 is 5.52. The molecule has 0 aromatic carbocycles. The van der Waals surface area contributed by atoms with E-state index >= 15 is 0 Å². The molecule has 81 heavy (non-hydrogen) atoms. The average Bonchev–Trinajstić information content (AvgIpc) is 3.47. The molecule has 0 heterocycles. The van der Waals surface area contributed by atoms with E-state index in [-0.39, 0.29) is 18.5 Å². The second-order valence-electron chi connectivity index (χ2n) is 26.4. The van der Waals surface area contributed by atoms with Crippen molar-refractivity contribution in [1.82, 2.24) is 5.32 Å². The Hall–Kier alpha value is -1.14. The lowest BCUT2D eigenvalue weighted by molar-refractivity contribution is -0.143. The van der Waals surface area contributed by atoms with Crippen LogP contribution in [-0.2, 0) is 14.3 Å². The van der Waals surface area contributed by atoms with Crippen molar-refractivity contribution in [3.63, 3.8) is 0 Å². The Morgan fingerprint density at radius 2 is 0.506 bits per heavy atom. The molecule has 0 spiro atoms. The average molecular weight is 1150 g/mol. The van der Waals surface area contributed by atoms with Crippen LogP contribution in [-0.4, -0.2) is 47.4 Å². The van der Waals surface area contributed by atoms with Crippen molar-refractivity contribution in [2.45, 2.75) is 456 Å². The van der Waals surface area contributed by atoms with Crippen LogP contribution in [0, 0.1) is 0 Å². The Kier molecular flexibility index (Phi) is 70.3. The first kappa shape index (κ1) is 79.9. The van der Waals surface area contributed by atoms with Crippen molar-refractivity contribution in [2.75, 3.05) is 13.2 Å². The highest BCUT2D eigenvalue weighted by Crippen LogP contribution is 2.20. The summed E-state index contributed by atoms with van der Waals surface area (Å²) in [5.74, 6) is -0.00485. The largest absolute Gasteiger partial charge is 0.466 e. The standard InChI is InChI=1S/C75H149NO5/c1-3-5-7-9-11-13-15-17-19-21-23-29-32-35-39-43-47-51-55-59-63-67-73(78)72(71-77)76-74(79)68-64-60-56-52-48-44-40-36-33-30-27-25-24-26-28-31-34-38-42-46-50-54-58-62-66-70-81-75(80)69-65-61-57-53-49-45-41-37-22-20-18-16-14-12-10-8-6-4-2/h72-73,77-78H,3-71H2,1-2H3,(H,76,79). The molecule has 0 aliphatic carbocycles. The summed E-state index contributed by atoms with van der Waals surface area (Å²) in [5, 5.41) is 23.4. The quantitative estimate of drug-likeness (QED) is 0.0417. The summed E-state index contributed by atoms with van der Waals surface area (Å²) in [6, 6.07) is -0.540. The number of unbranched alkanes of at least 4 members (excludes halogenated alkanes) is 61. The minimum absolute atomic E-state index is 0.0225. The molecule has 0 saturated carbocycles. The van der Waals surface area contributed by atoms with E-state index in [1.807, 2.05) is 0 Å². The van der Waals surface area contributed by atoms with Crippen LogP contribution in [0.15, 0.2) is 0 Å². The van der Waals surface area contributed by atoms with Gasteiger partial charge in [-0.2, -0.15) is 0 Å². The normalized spacial score (nSPS) is 12.4. The summed E-state index contributed by atoms with van der Waals surface area (Å²) in [7, 11) is 0. The lowest BCUT2D eigenvalue weighted by atomic mass is 10.0. The van der Waals surface area contributed by atoms with Crippen molar-refractivity contribution < 1.29 is 24.5 Å². The molecule has 0 radical (unpaired) electrons. The van der Waals surface area contributed by atoms with Crippen molar-refractivity contribution in [2.24, 2.45) is 0 Å². The van der Waals surface area contributed by atoms with Gasteiger partial charge in [-0.1, -0.05) is 406 Å². The fraction of sp³-hybridized carbons (Fsp3) is 0.973. The number of amides is 1. The van der Waals surface area contributed by atoms with Crippen LogP contribution < -0.4 is 5.32 Å². The van der Waals surface area contributed by atoms with E-state index < -0.39 is 12.1 Å². The zero-order valence-corrected chi connectivity index (χ0v) is 55.6.